The Labute approximate surface area is 127 Å². The second kappa shape index (κ2) is 4.73. The van der Waals surface area contributed by atoms with Crippen molar-refractivity contribution in [1.29, 1.82) is 0 Å². The lowest BCUT2D eigenvalue weighted by Crippen LogP contribution is -2.30. The fraction of sp³-hybridized carbons (Fsp3) is 0.600. The summed E-state index contributed by atoms with van der Waals surface area (Å²) in [5.41, 5.74) is 0.289. The fourth-order valence-corrected chi connectivity index (χ4v) is 4.99. The second-order valence-electron chi connectivity index (χ2n) is 6.46. The maximum atomic E-state index is 11.6. The van der Waals surface area contributed by atoms with Crippen LogP contribution < -0.4 is 4.90 Å². The van der Waals surface area contributed by atoms with Crippen molar-refractivity contribution in [2.24, 2.45) is 17.8 Å². The van der Waals surface area contributed by atoms with Crippen molar-refractivity contribution < 1.29 is 9.90 Å². The van der Waals surface area contributed by atoms with Gasteiger partial charge in [-0.15, -0.1) is 11.3 Å². The first-order chi connectivity index (χ1) is 10.1. The number of anilines is 1. The van der Waals surface area contributed by atoms with Crippen molar-refractivity contribution >= 4 is 28.1 Å². The number of carboxylic acid groups (broad SMARTS) is 1. The zero-order valence-corrected chi connectivity index (χ0v) is 12.8. The summed E-state index contributed by atoms with van der Waals surface area (Å²) in [4.78, 5) is 18.9. The van der Waals surface area contributed by atoms with E-state index < -0.39 is 5.97 Å². The zero-order chi connectivity index (χ0) is 14.6. The van der Waals surface area contributed by atoms with Crippen molar-refractivity contribution in [1.82, 2.24) is 9.38 Å². The Morgan fingerprint density at radius 3 is 3.05 bits per heavy atom. The molecule has 0 amide bonds. The molecule has 4 rings (SSSR count). The lowest BCUT2D eigenvalue weighted by atomic mass is 9.88. The minimum atomic E-state index is -0.907. The van der Waals surface area contributed by atoms with E-state index in [0.29, 0.717) is 11.7 Å². The molecule has 112 valence electrons. The first-order valence-electron chi connectivity index (χ1n) is 7.53. The maximum Gasteiger partial charge on any atom is 0.356 e. The number of aromatic nitrogens is 2. The maximum absolute atomic E-state index is 11.6. The summed E-state index contributed by atoms with van der Waals surface area (Å²) in [7, 11) is 1.98. The van der Waals surface area contributed by atoms with Crippen molar-refractivity contribution in [2.75, 3.05) is 18.5 Å². The first-order valence-corrected chi connectivity index (χ1v) is 8.41. The molecule has 0 spiro atoms. The van der Waals surface area contributed by atoms with Gasteiger partial charge in [0.2, 0.25) is 0 Å². The van der Waals surface area contributed by atoms with Gasteiger partial charge in [0.25, 0.3) is 0 Å². The number of fused-ring (bicyclic) bond motifs is 3. The van der Waals surface area contributed by atoms with Gasteiger partial charge >= 0.3 is 5.97 Å². The monoisotopic (exact) mass is 305 g/mol. The van der Waals surface area contributed by atoms with E-state index in [9.17, 15) is 9.90 Å². The summed E-state index contributed by atoms with van der Waals surface area (Å²) < 4.78 is 1.68. The van der Waals surface area contributed by atoms with Gasteiger partial charge in [-0.05, 0) is 37.0 Å². The largest absolute Gasteiger partial charge is 0.476 e. The Bertz CT molecular complexity index is 692. The number of thiazole rings is 1. The molecule has 2 bridgehead atoms. The van der Waals surface area contributed by atoms with Gasteiger partial charge in [0.1, 0.15) is 0 Å². The third kappa shape index (κ3) is 2.04. The van der Waals surface area contributed by atoms with Crippen LogP contribution in [0.3, 0.4) is 0 Å². The molecule has 0 radical (unpaired) electrons. The summed E-state index contributed by atoms with van der Waals surface area (Å²) in [6.07, 6.45) is 7.21. The molecule has 0 saturated heterocycles. The Morgan fingerprint density at radius 1 is 1.52 bits per heavy atom. The predicted octanol–water partition coefficient (Wildman–Crippen LogP) is 2.97. The van der Waals surface area contributed by atoms with E-state index in [1.807, 2.05) is 12.4 Å². The van der Waals surface area contributed by atoms with Crippen LogP contribution in [0.4, 0.5) is 5.82 Å². The van der Waals surface area contributed by atoms with Crippen LogP contribution >= 0.6 is 11.3 Å². The van der Waals surface area contributed by atoms with Gasteiger partial charge < -0.3 is 10.0 Å². The summed E-state index contributed by atoms with van der Waals surface area (Å²) in [6.45, 7) is 0.923. The highest BCUT2D eigenvalue weighted by molar-refractivity contribution is 7.15. The number of hydrogen-bond acceptors (Lipinski definition) is 4. The molecule has 3 unspecified atom stereocenters. The summed E-state index contributed by atoms with van der Waals surface area (Å²) in [6, 6.07) is 0. The second-order valence-corrected chi connectivity index (χ2v) is 7.33. The van der Waals surface area contributed by atoms with Crippen LogP contribution in [-0.2, 0) is 0 Å². The lowest BCUT2D eigenvalue weighted by molar-refractivity contribution is 0.0690. The molecule has 3 atom stereocenters. The van der Waals surface area contributed by atoms with Crippen molar-refractivity contribution in [2.45, 2.75) is 25.7 Å². The van der Waals surface area contributed by atoms with E-state index in [1.165, 1.54) is 37.0 Å². The molecule has 5 nitrogen and oxygen atoms in total. The number of rotatable bonds is 4. The quantitative estimate of drug-likeness (QED) is 0.943. The molecule has 2 aliphatic carbocycles. The average molecular weight is 305 g/mol. The number of nitrogens with zero attached hydrogens (tertiary/aromatic N) is 3. The molecule has 2 fully saturated rings. The Hall–Kier alpha value is -1.56. The standard InChI is InChI=1S/C15H19N3O2S/c1-17(8-11-7-9-2-3-10(11)6-9)13-12(14(19)20)18-4-5-21-15(18)16-13/h4-5,9-11H,2-3,6-8H2,1H3,(H,19,20). The van der Waals surface area contributed by atoms with Crippen LogP contribution in [0, 0.1) is 17.8 Å². The van der Waals surface area contributed by atoms with E-state index in [2.05, 4.69) is 9.88 Å². The van der Waals surface area contributed by atoms with E-state index in [1.54, 1.807) is 10.6 Å². The topological polar surface area (TPSA) is 57.8 Å². The molecule has 1 N–H and O–H groups in total. The summed E-state index contributed by atoms with van der Waals surface area (Å²) in [5.74, 6) is 2.16. The molecule has 0 aromatic carbocycles. The number of carboxylic acids is 1. The predicted molar refractivity (Wildman–Crippen MR) is 82.2 cm³/mol. The van der Waals surface area contributed by atoms with E-state index in [4.69, 9.17) is 0 Å². The van der Waals surface area contributed by atoms with Gasteiger partial charge in [-0.1, -0.05) is 6.42 Å². The van der Waals surface area contributed by atoms with Gasteiger partial charge in [-0.25, -0.2) is 9.78 Å². The molecule has 6 heteroatoms. The van der Waals surface area contributed by atoms with E-state index in [0.717, 1.165) is 23.3 Å². The van der Waals surface area contributed by atoms with Gasteiger partial charge in [0.15, 0.2) is 16.5 Å². The third-order valence-electron chi connectivity index (χ3n) is 5.20. The van der Waals surface area contributed by atoms with Crippen LogP contribution in [0.2, 0.25) is 0 Å². The van der Waals surface area contributed by atoms with Gasteiger partial charge in [0.05, 0.1) is 0 Å². The van der Waals surface area contributed by atoms with Crippen molar-refractivity contribution in [3.05, 3.63) is 17.3 Å². The molecule has 2 aromatic heterocycles. The molecule has 2 aromatic rings. The molecular weight excluding hydrogens is 286 g/mol. The molecule has 2 heterocycles. The SMILES string of the molecule is CN(CC1CC2CCC1C2)c1nc2sccn2c1C(=O)O. The fourth-order valence-electron chi connectivity index (χ4n) is 4.28. The van der Waals surface area contributed by atoms with Crippen LogP contribution in [0.5, 0.6) is 0 Å². The first kappa shape index (κ1) is 13.1. The Kier molecular flexibility index (Phi) is 2.96. The zero-order valence-electron chi connectivity index (χ0n) is 12.0. The molecule has 0 aliphatic heterocycles. The summed E-state index contributed by atoms with van der Waals surface area (Å²) in [5, 5.41) is 11.4. The molecule has 21 heavy (non-hydrogen) atoms. The number of carbonyl (C=O) groups is 1. The van der Waals surface area contributed by atoms with Crippen LogP contribution in [0.25, 0.3) is 4.96 Å². The Morgan fingerprint density at radius 2 is 2.38 bits per heavy atom. The smallest absolute Gasteiger partial charge is 0.356 e. The highest BCUT2D eigenvalue weighted by atomic mass is 32.1. The van der Waals surface area contributed by atoms with Gasteiger partial charge in [0, 0.05) is 25.2 Å². The van der Waals surface area contributed by atoms with E-state index in [-0.39, 0.29) is 5.69 Å². The van der Waals surface area contributed by atoms with Crippen molar-refractivity contribution in [3.63, 3.8) is 0 Å². The molecule has 2 aliphatic rings. The lowest BCUT2D eigenvalue weighted by Gasteiger charge is -2.27. The minimum Gasteiger partial charge on any atom is -0.476 e. The van der Waals surface area contributed by atoms with Crippen LogP contribution in [0.15, 0.2) is 11.6 Å². The minimum absolute atomic E-state index is 0.289. The highest BCUT2D eigenvalue weighted by Gasteiger charge is 2.40. The third-order valence-corrected chi connectivity index (χ3v) is 5.96. The normalized spacial score (nSPS) is 27.6. The molecular formula is C15H19N3O2S. The van der Waals surface area contributed by atoms with Crippen molar-refractivity contribution in [3.8, 4) is 0 Å². The molecule has 2 saturated carbocycles. The van der Waals surface area contributed by atoms with Gasteiger partial charge in [-0.3, -0.25) is 4.40 Å². The average Bonchev–Trinajstić information content (AvgIpc) is 3.17. The van der Waals surface area contributed by atoms with Gasteiger partial charge in [-0.2, -0.15) is 0 Å². The number of imidazole rings is 1. The van der Waals surface area contributed by atoms with E-state index >= 15 is 0 Å². The number of hydrogen-bond donors (Lipinski definition) is 1. The summed E-state index contributed by atoms with van der Waals surface area (Å²) >= 11 is 1.47. The van der Waals surface area contributed by atoms with Crippen LogP contribution in [0.1, 0.15) is 36.2 Å². The Balaban J connectivity index is 1.61. The number of aromatic carboxylic acids is 1. The highest BCUT2D eigenvalue weighted by Crippen LogP contribution is 2.48. The van der Waals surface area contributed by atoms with Crippen LogP contribution in [-0.4, -0.2) is 34.1 Å².